The molecule has 12 heavy (non-hydrogen) atoms. The van der Waals surface area contributed by atoms with Crippen LogP contribution in [0, 0.1) is 0 Å². The van der Waals surface area contributed by atoms with E-state index in [1.807, 2.05) is 37.3 Å². The van der Waals surface area contributed by atoms with E-state index in [1.54, 1.807) is 0 Å². The summed E-state index contributed by atoms with van der Waals surface area (Å²) in [5, 5.41) is 3.08. The standard InChI is InChI=1S/C10H13NO/c1-2-11-10(8-12)9-6-4-3-5-7-9/h3-8,10-11H,2H2,1H3. The van der Waals surface area contributed by atoms with Crippen molar-refractivity contribution >= 4 is 6.29 Å². The zero-order chi connectivity index (χ0) is 8.81. The Balaban J connectivity index is 2.73. The van der Waals surface area contributed by atoms with Crippen molar-refractivity contribution in [3.63, 3.8) is 0 Å². The fraction of sp³-hybridized carbons (Fsp3) is 0.300. The molecule has 0 aliphatic carbocycles. The van der Waals surface area contributed by atoms with Crippen LogP contribution in [0.2, 0.25) is 0 Å². The quantitative estimate of drug-likeness (QED) is 0.682. The van der Waals surface area contributed by atoms with Crippen molar-refractivity contribution in [2.75, 3.05) is 6.54 Å². The molecular weight excluding hydrogens is 150 g/mol. The van der Waals surface area contributed by atoms with E-state index in [0.29, 0.717) is 0 Å². The molecule has 0 saturated carbocycles. The van der Waals surface area contributed by atoms with Gasteiger partial charge in [0, 0.05) is 0 Å². The van der Waals surface area contributed by atoms with Gasteiger partial charge in [0.05, 0.1) is 6.04 Å². The first-order valence-corrected chi connectivity index (χ1v) is 4.12. The van der Waals surface area contributed by atoms with E-state index in [2.05, 4.69) is 5.32 Å². The number of likely N-dealkylation sites (N-methyl/N-ethyl adjacent to an activating group) is 1. The minimum absolute atomic E-state index is 0.156. The summed E-state index contributed by atoms with van der Waals surface area (Å²) in [4.78, 5) is 10.6. The van der Waals surface area contributed by atoms with Gasteiger partial charge in [-0.1, -0.05) is 37.3 Å². The molecule has 0 aliphatic rings. The van der Waals surface area contributed by atoms with E-state index in [1.165, 1.54) is 0 Å². The summed E-state index contributed by atoms with van der Waals surface area (Å²) in [6.45, 7) is 2.79. The second-order valence-corrected chi connectivity index (χ2v) is 2.58. The Kier molecular flexibility index (Phi) is 3.48. The topological polar surface area (TPSA) is 29.1 Å². The molecule has 0 aliphatic heterocycles. The van der Waals surface area contributed by atoms with Crippen LogP contribution < -0.4 is 5.32 Å². The SMILES string of the molecule is CCNC(C=O)c1ccccc1. The second-order valence-electron chi connectivity index (χ2n) is 2.58. The molecule has 2 heteroatoms. The van der Waals surface area contributed by atoms with Crippen LogP contribution in [0.4, 0.5) is 0 Å². The van der Waals surface area contributed by atoms with Gasteiger partial charge in [-0.3, -0.25) is 0 Å². The van der Waals surface area contributed by atoms with Crippen molar-refractivity contribution in [3.8, 4) is 0 Å². The van der Waals surface area contributed by atoms with E-state index < -0.39 is 0 Å². The maximum absolute atomic E-state index is 10.6. The third-order valence-corrected chi connectivity index (χ3v) is 1.72. The molecule has 1 aromatic carbocycles. The zero-order valence-electron chi connectivity index (χ0n) is 7.16. The first kappa shape index (κ1) is 8.94. The number of rotatable bonds is 4. The smallest absolute Gasteiger partial charge is 0.141 e. The van der Waals surface area contributed by atoms with E-state index in [9.17, 15) is 4.79 Å². The molecule has 0 fully saturated rings. The highest BCUT2D eigenvalue weighted by atomic mass is 16.1. The Morgan fingerprint density at radius 3 is 2.58 bits per heavy atom. The molecule has 1 N–H and O–H groups in total. The average molecular weight is 163 g/mol. The Bertz CT molecular complexity index is 233. The minimum Gasteiger partial charge on any atom is -0.304 e. The number of aldehydes is 1. The molecule has 0 saturated heterocycles. The number of hydrogen-bond acceptors (Lipinski definition) is 2. The van der Waals surface area contributed by atoms with Gasteiger partial charge >= 0.3 is 0 Å². The zero-order valence-corrected chi connectivity index (χ0v) is 7.16. The van der Waals surface area contributed by atoms with Gasteiger partial charge in [0.2, 0.25) is 0 Å². The highest BCUT2D eigenvalue weighted by molar-refractivity contribution is 5.61. The molecule has 2 nitrogen and oxygen atoms in total. The number of nitrogens with one attached hydrogen (secondary N) is 1. The van der Waals surface area contributed by atoms with Gasteiger partial charge in [-0.15, -0.1) is 0 Å². The number of carbonyl (C=O) groups excluding carboxylic acids is 1. The van der Waals surface area contributed by atoms with Crippen molar-refractivity contribution < 1.29 is 4.79 Å². The van der Waals surface area contributed by atoms with Gasteiger partial charge in [-0.25, -0.2) is 0 Å². The molecule has 0 bridgehead atoms. The lowest BCUT2D eigenvalue weighted by Crippen LogP contribution is -2.21. The van der Waals surface area contributed by atoms with Crippen molar-refractivity contribution in [1.29, 1.82) is 0 Å². The lowest BCUT2D eigenvalue weighted by Gasteiger charge is -2.10. The van der Waals surface area contributed by atoms with Crippen LogP contribution >= 0.6 is 0 Å². The lowest BCUT2D eigenvalue weighted by atomic mass is 10.1. The highest BCUT2D eigenvalue weighted by Crippen LogP contribution is 2.08. The second kappa shape index (κ2) is 4.67. The highest BCUT2D eigenvalue weighted by Gasteiger charge is 2.05. The molecule has 0 heterocycles. The molecule has 0 aromatic heterocycles. The Labute approximate surface area is 72.6 Å². The van der Waals surface area contributed by atoms with E-state index in [0.717, 1.165) is 18.4 Å². The third-order valence-electron chi connectivity index (χ3n) is 1.72. The van der Waals surface area contributed by atoms with Gasteiger partial charge < -0.3 is 10.1 Å². The van der Waals surface area contributed by atoms with E-state index >= 15 is 0 Å². The van der Waals surface area contributed by atoms with Crippen LogP contribution in [0.1, 0.15) is 18.5 Å². The lowest BCUT2D eigenvalue weighted by molar-refractivity contribution is -0.109. The molecule has 0 spiro atoms. The van der Waals surface area contributed by atoms with Gasteiger partial charge in [0.25, 0.3) is 0 Å². The normalized spacial score (nSPS) is 12.4. The molecule has 0 amide bonds. The van der Waals surface area contributed by atoms with E-state index in [4.69, 9.17) is 0 Å². The molecule has 1 unspecified atom stereocenters. The minimum atomic E-state index is -0.156. The van der Waals surface area contributed by atoms with Crippen molar-refractivity contribution in [2.45, 2.75) is 13.0 Å². The van der Waals surface area contributed by atoms with Gasteiger partial charge in [0.1, 0.15) is 6.29 Å². The predicted octanol–water partition coefficient (Wildman–Crippen LogP) is 1.54. The van der Waals surface area contributed by atoms with Gasteiger partial charge in [-0.2, -0.15) is 0 Å². The maximum atomic E-state index is 10.6. The predicted molar refractivity (Wildman–Crippen MR) is 48.9 cm³/mol. The monoisotopic (exact) mass is 163 g/mol. The first-order chi connectivity index (χ1) is 5.88. The molecule has 1 aromatic rings. The molecule has 64 valence electrons. The summed E-state index contributed by atoms with van der Waals surface area (Å²) in [6.07, 6.45) is 0.929. The molecule has 1 rings (SSSR count). The molecule has 0 radical (unpaired) electrons. The van der Waals surface area contributed by atoms with Crippen molar-refractivity contribution in [2.24, 2.45) is 0 Å². The number of hydrogen-bond donors (Lipinski definition) is 1. The average Bonchev–Trinajstić information content (AvgIpc) is 2.15. The van der Waals surface area contributed by atoms with Gasteiger partial charge in [0.15, 0.2) is 0 Å². The maximum Gasteiger partial charge on any atom is 0.141 e. The summed E-state index contributed by atoms with van der Waals surface area (Å²) in [5.74, 6) is 0. The third kappa shape index (κ3) is 2.17. The summed E-state index contributed by atoms with van der Waals surface area (Å²) in [5.41, 5.74) is 1.02. The largest absolute Gasteiger partial charge is 0.304 e. The summed E-state index contributed by atoms with van der Waals surface area (Å²) in [6, 6.07) is 9.55. The Hall–Kier alpha value is -1.15. The fourth-order valence-corrected chi connectivity index (χ4v) is 1.12. The number of benzene rings is 1. The Morgan fingerprint density at radius 2 is 2.08 bits per heavy atom. The fourth-order valence-electron chi connectivity index (χ4n) is 1.12. The first-order valence-electron chi connectivity index (χ1n) is 4.12. The van der Waals surface area contributed by atoms with Crippen LogP contribution in [-0.2, 0) is 4.79 Å². The van der Waals surface area contributed by atoms with Crippen LogP contribution in [0.15, 0.2) is 30.3 Å². The molecule has 1 atom stereocenters. The van der Waals surface area contributed by atoms with Crippen LogP contribution in [-0.4, -0.2) is 12.8 Å². The van der Waals surface area contributed by atoms with Crippen molar-refractivity contribution in [3.05, 3.63) is 35.9 Å². The molecular formula is C10H13NO. The van der Waals surface area contributed by atoms with E-state index in [-0.39, 0.29) is 6.04 Å². The van der Waals surface area contributed by atoms with Crippen LogP contribution in [0.3, 0.4) is 0 Å². The van der Waals surface area contributed by atoms with Gasteiger partial charge in [-0.05, 0) is 12.1 Å². The summed E-state index contributed by atoms with van der Waals surface area (Å²) < 4.78 is 0. The summed E-state index contributed by atoms with van der Waals surface area (Å²) in [7, 11) is 0. The summed E-state index contributed by atoms with van der Waals surface area (Å²) >= 11 is 0. The van der Waals surface area contributed by atoms with Crippen LogP contribution in [0.25, 0.3) is 0 Å². The number of carbonyl (C=O) groups is 1. The van der Waals surface area contributed by atoms with Crippen molar-refractivity contribution in [1.82, 2.24) is 5.32 Å². The van der Waals surface area contributed by atoms with Crippen LogP contribution in [0.5, 0.6) is 0 Å². The Morgan fingerprint density at radius 1 is 1.42 bits per heavy atom.